The number of benzene rings is 1. The van der Waals surface area contributed by atoms with Crippen molar-refractivity contribution in [3.05, 3.63) is 63.1 Å². The molecule has 22 heavy (non-hydrogen) atoms. The van der Waals surface area contributed by atoms with Gasteiger partial charge in [-0.2, -0.15) is 0 Å². The Morgan fingerprint density at radius 1 is 1.50 bits per heavy atom. The molecule has 2 rings (SSSR count). The van der Waals surface area contributed by atoms with Crippen LogP contribution in [-0.4, -0.2) is 22.5 Å². The fraction of sp³-hybridized carbons (Fsp3) is 0.214. The van der Waals surface area contributed by atoms with Gasteiger partial charge in [0.25, 0.3) is 11.6 Å². The number of rotatable bonds is 5. The number of nitrogens with zero attached hydrogens (tertiary/aromatic N) is 1. The first-order valence-electron chi connectivity index (χ1n) is 6.30. The predicted octanol–water partition coefficient (Wildman–Crippen LogP) is 2.48. The SMILES string of the molecule is CC(O)(CNC(=O)c1cc(Cl)ccc1[N+](=O)[O-])c1ccco1. The summed E-state index contributed by atoms with van der Waals surface area (Å²) in [6, 6.07) is 6.86. The van der Waals surface area contributed by atoms with Crippen LogP contribution in [0.25, 0.3) is 0 Å². The standard InChI is InChI=1S/C14H13ClN2O5/c1-14(19,12-3-2-6-22-12)8-16-13(18)10-7-9(15)4-5-11(10)17(20)21/h2-7,19H,8H2,1H3,(H,16,18). The maximum atomic E-state index is 12.1. The highest BCUT2D eigenvalue weighted by atomic mass is 35.5. The fourth-order valence-corrected chi connectivity index (χ4v) is 2.04. The van der Waals surface area contributed by atoms with E-state index >= 15 is 0 Å². The summed E-state index contributed by atoms with van der Waals surface area (Å²) in [7, 11) is 0. The van der Waals surface area contributed by atoms with Gasteiger partial charge in [-0.15, -0.1) is 0 Å². The number of aliphatic hydroxyl groups is 1. The van der Waals surface area contributed by atoms with Crippen LogP contribution in [0.3, 0.4) is 0 Å². The number of nitrogens with one attached hydrogen (secondary N) is 1. The minimum atomic E-state index is -1.44. The summed E-state index contributed by atoms with van der Waals surface area (Å²) in [6.07, 6.45) is 1.40. The zero-order chi connectivity index (χ0) is 16.3. The van der Waals surface area contributed by atoms with Crippen molar-refractivity contribution < 1.29 is 19.2 Å². The molecule has 7 nitrogen and oxygen atoms in total. The summed E-state index contributed by atoms with van der Waals surface area (Å²) < 4.78 is 5.09. The summed E-state index contributed by atoms with van der Waals surface area (Å²) in [4.78, 5) is 22.4. The van der Waals surface area contributed by atoms with Gasteiger partial charge in [0, 0.05) is 11.1 Å². The van der Waals surface area contributed by atoms with E-state index in [1.807, 2.05) is 0 Å². The number of amides is 1. The highest BCUT2D eigenvalue weighted by molar-refractivity contribution is 6.31. The molecule has 0 aliphatic carbocycles. The Labute approximate surface area is 130 Å². The zero-order valence-corrected chi connectivity index (χ0v) is 12.3. The predicted molar refractivity (Wildman–Crippen MR) is 78.7 cm³/mol. The van der Waals surface area contributed by atoms with Crippen molar-refractivity contribution in [3.63, 3.8) is 0 Å². The van der Waals surface area contributed by atoms with Crippen molar-refractivity contribution in [2.24, 2.45) is 0 Å². The lowest BCUT2D eigenvalue weighted by molar-refractivity contribution is -0.385. The molecule has 2 N–H and O–H groups in total. The van der Waals surface area contributed by atoms with Gasteiger partial charge in [0.05, 0.1) is 17.7 Å². The Morgan fingerprint density at radius 3 is 2.82 bits per heavy atom. The smallest absolute Gasteiger partial charge is 0.282 e. The Balaban J connectivity index is 2.16. The van der Waals surface area contributed by atoms with Crippen LogP contribution >= 0.6 is 11.6 Å². The average molecular weight is 325 g/mol. The summed E-state index contributed by atoms with van der Waals surface area (Å²) >= 11 is 5.77. The maximum Gasteiger partial charge on any atom is 0.282 e. The van der Waals surface area contributed by atoms with Crippen LogP contribution < -0.4 is 5.32 Å². The van der Waals surface area contributed by atoms with Crippen LogP contribution in [0.5, 0.6) is 0 Å². The van der Waals surface area contributed by atoms with Gasteiger partial charge in [-0.05, 0) is 31.2 Å². The molecule has 116 valence electrons. The van der Waals surface area contributed by atoms with Crippen LogP contribution in [0, 0.1) is 10.1 Å². The first-order chi connectivity index (χ1) is 10.3. The van der Waals surface area contributed by atoms with E-state index in [9.17, 15) is 20.0 Å². The second-order valence-corrected chi connectivity index (χ2v) is 5.29. The van der Waals surface area contributed by atoms with E-state index in [0.29, 0.717) is 0 Å². The van der Waals surface area contributed by atoms with Gasteiger partial charge in [-0.25, -0.2) is 0 Å². The molecule has 0 aliphatic heterocycles. The van der Waals surface area contributed by atoms with E-state index < -0.39 is 16.4 Å². The van der Waals surface area contributed by atoms with Crippen molar-refractivity contribution in [1.29, 1.82) is 0 Å². The van der Waals surface area contributed by atoms with Crippen molar-refractivity contribution in [2.75, 3.05) is 6.54 Å². The number of halogens is 1. The normalized spacial score (nSPS) is 13.4. The molecule has 1 heterocycles. The van der Waals surface area contributed by atoms with Crippen molar-refractivity contribution >= 4 is 23.2 Å². The molecule has 1 aromatic carbocycles. The lowest BCUT2D eigenvalue weighted by atomic mass is 10.0. The first-order valence-corrected chi connectivity index (χ1v) is 6.67. The molecule has 0 radical (unpaired) electrons. The third-order valence-electron chi connectivity index (χ3n) is 3.05. The second-order valence-electron chi connectivity index (χ2n) is 4.85. The molecule has 1 unspecified atom stereocenters. The van der Waals surface area contributed by atoms with E-state index in [1.165, 1.54) is 25.3 Å². The van der Waals surface area contributed by atoms with E-state index in [0.717, 1.165) is 6.07 Å². The number of nitro groups is 1. The number of nitro benzene ring substituents is 1. The topological polar surface area (TPSA) is 106 Å². The van der Waals surface area contributed by atoms with E-state index in [4.69, 9.17) is 16.0 Å². The molecule has 1 amide bonds. The third-order valence-corrected chi connectivity index (χ3v) is 3.28. The van der Waals surface area contributed by atoms with Crippen LogP contribution in [0.2, 0.25) is 5.02 Å². The summed E-state index contributed by atoms with van der Waals surface area (Å²) in [5.74, 6) is -0.436. The number of hydrogen-bond acceptors (Lipinski definition) is 5. The van der Waals surface area contributed by atoms with E-state index in [-0.39, 0.29) is 28.6 Å². The van der Waals surface area contributed by atoms with Gasteiger partial charge in [0.2, 0.25) is 0 Å². The molecule has 0 aliphatic rings. The Hall–Kier alpha value is -2.38. The van der Waals surface area contributed by atoms with Gasteiger partial charge in [0.15, 0.2) is 0 Å². The van der Waals surface area contributed by atoms with Crippen LogP contribution in [0.4, 0.5) is 5.69 Å². The second kappa shape index (κ2) is 6.17. The molecule has 1 atom stereocenters. The maximum absolute atomic E-state index is 12.1. The zero-order valence-electron chi connectivity index (χ0n) is 11.6. The van der Waals surface area contributed by atoms with Crippen molar-refractivity contribution in [2.45, 2.75) is 12.5 Å². The Bertz CT molecular complexity index is 697. The molecule has 0 bridgehead atoms. The van der Waals surface area contributed by atoms with Gasteiger partial charge in [-0.1, -0.05) is 11.6 Å². The highest BCUT2D eigenvalue weighted by Gasteiger charge is 2.28. The molecular weight excluding hydrogens is 312 g/mol. The fourth-order valence-electron chi connectivity index (χ4n) is 1.87. The molecule has 0 saturated heterocycles. The highest BCUT2D eigenvalue weighted by Crippen LogP contribution is 2.24. The molecule has 2 aromatic rings. The lowest BCUT2D eigenvalue weighted by Gasteiger charge is -2.21. The molecular formula is C14H13ClN2O5. The number of hydrogen-bond donors (Lipinski definition) is 2. The minimum absolute atomic E-state index is 0.173. The largest absolute Gasteiger partial charge is 0.466 e. The molecule has 8 heteroatoms. The Morgan fingerprint density at radius 2 is 2.23 bits per heavy atom. The summed E-state index contributed by atoms with van der Waals surface area (Å²) in [6.45, 7) is 1.28. The minimum Gasteiger partial charge on any atom is -0.466 e. The van der Waals surface area contributed by atoms with Crippen molar-refractivity contribution in [3.8, 4) is 0 Å². The lowest BCUT2D eigenvalue weighted by Crippen LogP contribution is -2.38. The number of carbonyl (C=O) groups is 1. The molecule has 0 spiro atoms. The molecule has 1 aromatic heterocycles. The van der Waals surface area contributed by atoms with Gasteiger partial charge < -0.3 is 14.8 Å². The van der Waals surface area contributed by atoms with Gasteiger partial charge in [0.1, 0.15) is 16.9 Å². The average Bonchev–Trinajstić information content (AvgIpc) is 2.99. The van der Waals surface area contributed by atoms with E-state index in [2.05, 4.69) is 5.32 Å². The van der Waals surface area contributed by atoms with Gasteiger partial charge in [-0.3, -0.25) is 14.9 Å². The number of carbonyl (C=O) groups excluding carboxylic acids is 1. The number of furan rings is 1. The summed E-state index contributed by atoms with van der Waals surface area (Å²) in [5.41, 5.74) is -1.97. The monoisotopic (exact) mass is 324 g/mol. The van der Waals surface area contributed by atoms with Crippen LogP contribution in [-0.2, 0) is 5.60 Å². The molecule has 0 fully saturated rings. The Kier molecular flexibility index (Phi) is 4.48. The van der Waals surface area contributed by atoms with Gasteiger partial charge >= 0.3 is 0 Å². The summed E-state index contributed by atoms with van der Waals surface area (Å²) in [5, 5.41) is 23.8. The van der Waals surface area contributed by atoms with Crippen molar-refractivity contribution in [1.82, 2.24) is 5.32 Å². The van der Waals surface area contributed by atoms with Crippen LogP contribution in [0.1, 0.15) is 23.0 Å². The van der Waals surface area contributed by atoms with Crippen LogP contribution in [0.15, 0.2) is 41.0 Å². The molecule has 0 saturated carbocycles. The van der Waals surface area contributed by atoms with E-state index in [1.54, 1.807) is 12.1 Å². The quantitative estimate of drug-likeness (QED) is 0.649. The third kappa shape index (κ3) is 3.44. The first kappa shape index (κ1) is 16.0.